The number of hydrogen-bond donors (Lipinski definition) is 0. The molecule has 2 aromatic carbocycles. The number of carbonyl (C=O) groups is 1. The molecule has 2 aromatic rings. The fraction of sp³-hybridized carbons (Fsp3) is 0.154. The van der Waals surface area contributed by atoms with Crippen LogP contribution in [0.5, 0.6) is 0 Å². The second-order valence-corrected chi connectivity index (χ2v) is 4.29. The van der Waals surface area contributed by atoms with Gasteiger partial charge in [0.1, 0.15) is 5.82 Å². The Hall–Kier alpha value is -2.30. The monoisotopic (exact) mass is 245 g/mol. The van der Waals surface area contributed by atoms with Gasteiger partial charge >= 0.3 is 0 Å². The van der Waals surface area contributed by atoms with Gasteiger partial charge < -0.3 is 0 Å². The molecule has 0 spiro atoms. The minimum absolute atomic E-state index is 0.0889. The molecule has 5 heteroatoms. The van der Waals surface area contributed by atoms with Crippen molar-refractivity contribution in [1.29, 1.82) is 0 Å². The maximum Gasteiger partial charge on any atom is 0.273 e. The molecule has 1 aliphatic carbocycles. The first kappa shape index (κ1) is 10.8. The Kier molecular flexibility index (Phi) is 2.16. The number of carbonyl (C=O) groups excluding carboxylic acids is 1. The number of halogens is 1. The van der Waals surface area contributed by atoms with E-state index in [2.05, 4.69) is 0 Å². The van der Waals surface area contributed by atoms with E-state index in [1.165, 1.54) is 24.3 Å². The lowest BCUT2D eigenvalue weighted by Crippen LogP contribution is -1.98. The lowest BCUT2D eigenvalue weighted by Gasteiger charge is -2.05. The van der Waals surface area contributed by atoms with Gasteiger partial charge in [0.2, 0.25) is 0 Å². The van der Waals surface area contributed by atoms with E-state index in [-0.39, 0.29) is 17.9 Å². The number of Topliss-reactive ketones (excluding diaryl/α,β-unsaturated/α-hetero) is 1. The molecule has 0 saturated carbocycles. The van der Waals surface area contributed by atoms with Crippen LogP contribution in [-0.2, 0) is 6.42 Å². The van der Waals surface area contributed by atoms with Crippen LogP contribution in [0.3, 0.4) is 0 Å². The summed E-state index contributed by atoms with van der Waals surface area (Å²) >= 11 is 0. The van der Waals surface area contributed by atoms with Crippen LogP contribution in [0, 0.1) is 15.9 Å². The van der Waals surface area contributed by atoms with Crippen molar-refractivity contribution in [3.05, 3.63) is 51.3 Å². The third-order valence-corrected chi connectivity index (χ3v) is 3.26. The molecule has 0 heterocycles. The van der Waals surface area contributed by atoms with Crippen molar-refractivity contribution in [3.8, 4) is 0 Å². The molecule has 3 rings (SSSR count). The Labute approximate surface area is 101 Å². The van der Waals surface area contributed by atoms with E-state index in [4.69, 9.17) is 0 Å². The summed E-state index contributed by atoms with van der Waals surface area (Å²) in [6, 6.07) is 5.33. The van der Waals surface area contributed by atoms with Crippen molar-refractivity contribution in [3.63, 3.8) is 0 Å². The van der Waals surface area contributed by atoms with Crippen molar-refractivity contribution in [2.24, 2.45) is 0 Å². The van der Waals surface area contributed by atoms with Crippen molar-refractivity contribution in [2.75, 3.05) is 0 Å². The van der Waals surface area contributed by atoms with E-state index in [0.29, 0.717) is 28.3 Å². The molecule has 0 unspecified atom stereocenters. The van der Waals surface area contributed by atoms with Gasteiger partial charge in [0.15, 0.2) is 5.78 Å². The van der Waals surface area contributed by atoms with Crippen molar-refractivity contribution < 1.29 is 14.1 Å². The maximum absolute atomic E-state index is 13.2. The maximum atomic E-state index is 13.2. The van der Waals surface area contributed by atoms with Crippen LogP contribution in [0.4, 0.5) is 10.1 Å². The average molecular weight is 245 g/mol. The van der Waals surface area contributed by atoms with Crippen molar-refractivity contribution in [2.45, 2.75) is 12.8 Å². The number of nitrogens with zero attached hydrogens (tertiary/aromatic N) is 1. The lowest BCUT2D eigenvalue weighted by atomic mass is 9.99. The standard InChI is InChI=1S/C13H8FNO3/c14-8-1-2-9-7(5-8)6-11(15(17)18)10-3-4-12(16)13(9)10/h1-2,5-6H,3-4H2. The van der Waals surface area contributed by atoms with E-state index >= 15 is 0 Å². The third kappa shape index (κ3) is 1.40. The van der Waals surface area contributed by atoms with Crippen LogP contribution < -0.4 is 0 Å². The van der Waals surface area contributed by atoms with Gasteiger partial charge in [-0.25, -0.2) is 4.39 Å². The smallest absolute Gasteiger partial charge is 0.273 e. The molecule has 1 aliphatic rings. The van der Waals surface area contributed by atoms with Gasteiger partial charge in [-0.3, -0.25) is 14.9 Å². The SMILES string of the molecule is O=C1CCc2c([N+](=O)[O-])cc3cc(F)ccc3c21. The zero-order valence-electron chi connectivity index (χ0n) is 9.27. The molecule has 0 bridgehead atoms. The largest absolute Gasteiger partial charge is 0.294 e. The van der Waals surface area contributed by atoms with E-state index in [1.807, 2.05) is 0 Å². The van der Waals surface area contributed by atoms with E-state index < -0.39 is 10.7 Å². The normalized spacial score (nSPS) is 13.9. The summed E-state index contributed by atoms with van der Waals surface area (Å²) in [5.41, 5.74) is 0.775. The predicted octanol–water partition coefficient (Wildman–Crippen LogP) is 3.02. The third-order valence-electron chi connectivity index (χ3n) is 3.26. The van der Waals surface area contributed by atoms with Gasteiger partial charge in [-0.15, -0.1) is 0 Å². The molecular formula is C13H8FNO3. The first-order valence-corrected chi connectivity index (χ1v) is 5.50. The quantitative estimate of drug-likeness (QED) is 0.573. The van der Waals surface area contributed by atoms with Gasteiger partial charge in [0.05, 0.1) is 4.92 Å². The topological polar surface area (TPSA) is 60.2 Å². The number of nitro groups is 1. The average Bonchev–Trinajstić information content (AvgIpc) is 2.70. The van der Waals surface area contributed by atoms with E-state index in [0.717, 1.165) is 0 Å². The predicted molar refractivity (Wildman–Crippen MR) is 63.2 cm³/mol. The molecule has 0 saturated heterocycles. The summed E-state index contributed by atoms with van der Waals surface area (Å²) in [5, 5.41) is 12.0. The van der Waals surface area contributed by atoms with Crippen LogP contribution in [0.25, 0.3) is 10.8 Å². The minimum Gasteiger partial charge on any atom is -0.294 e. The van der Waals surface area contributed by atoms with Gasteiger partial charge in [0.25, 0.3) is 5.69 Å². The van der Waals surface area contributed by atoms with Crippen molar-refractivity contribution >= 4 is 22.2 Å². The zero-order valence-corrected chi connectivity index (χ0v) is 9.27. The van der Waals surface area contributed by atoms with Crippen LogP contribution in [-0.4, -0.2) is 10.7 Å². The fourth-order valence-electron chi connectivity index (χ4n) is 2.50. The Balaban J connectivity index is 2.47. The minimum atomic E-state index is -0.512. The number of ketones is 1. The molecule has 0 aliphatic heterocycles. The molecule has 90 valence electrons. The molecular weight excluding hydrogens is 237 g/mol. The lowest BCUT2D eigenvalue weighted by molar-refractivity contribution is -0.385. The van der Waals surface area contributed by atoms with Crippen LogP contribution in [0.2, 0.25) is 0 Å². The highest BCUT2D eigenvalue weighted by Gasteiger charge is 2.30. The highest BCUT2D eigenvalue weighted by molar-refractivity contribution is 6.12. The summed E-state index contributed by atoms with van der Waals surface area (Å²) in [6.07, 6.45) is 0.671. The number of nitro benzene ring substituents is 1. The molecule has 0 amide bonds. The van der Waals surface area contributed by atoms with Crippen LogP contribution in [0.1, 0.15) is 22.3 Å². The number of rotatable bonds is 1. The Morgan fingerprint density at radius 2 is 2.00 bits per heavy atom. The van der Waals surface area contributed by atoms with E-state index in [9.17, 15) is 19.3 Å². The van der Waals surface area contributed by atoms with Gasteiger partial charge in [0, 0.05) is 23.6 Å². The molecule has 0 fully saturated rings. The molecule has 4 nitrogen and oxygen atoms in total. The van der Waals surface area contributed by atoms with Crippen LogP contribution >= 0.6 is 0 Å². The first-order valence-electron chi connectivity index (χ1n) is 5.50. The second-order valence-electron chi connectivity index (χ2n) is 4.29. The molecule has 0 N–H and O–H groups in total. The highest BCUT2D eigenvalue weighted by Crippen LogP contribution is 2.36. The Morgan fingerprint density at radius 3 is 2.72 bits per heavy atom. The Bertz CT molecular complexity index is 709. The van der Waals surface area contributed by atoms with Gasteiger partial charge in [-0.1, -0.05) is 6.07 Å². The molecule has 0 aromatic heterocycles. The summed E-state index contributed by atoms with van der Waals surface area (Å²) < 4.78 is 13.2. The molecule has 18 heavy (non-hydrogen) atoms. The zero-order chi connectivity index (χ0) is 12.9. The summed E-state index contributed by atoms with van der Waals surface area (Å²) in [4.78, 5) is 22.3. The summed E-state index contributed by atoms with van der Waals surface area (Å²) in [6.45, 7) is 0. The van der Waals surface area contributed by atoms with Gasteiger partial charge in [-0.05, 0) is 29.3 Å². The van der Waals surface area contributed by atoms with Gasteiger partial charge in [-0.2, -0.15) is 0 Å². The summed E-state index contributed by atoms with van der Waals surface area (Å²) in [7, 11) is 0. The first-order chi connectivity index (χ1) is 8.58. The number of fused-ring (bicyclic) bond motifs is 3. The van der Waals surface area contributed by atoms with Crippen LogP contribution in [0.15, 0.2) is 24.3 Å². The Morgan fingerprint density at radius 1 is 1.22 bits per heavy atom. The molecule has 0 radical (unpaired) electrons. The van der Waals surface area contributed by atoms with Crippen molar-refractivity contribution in [1.82, 2.24) is 0 Å². The molecule has 0 atom stereocenters. The second kappa shape index (κ2) is 3.60. The fourth-order valence-corrected chi connectivity index (χ4v) is 2.50. The highest BCUT2D eigenvalue weighted by atomic mass is 19.1. The number of benzene rings is 2. The summed E-state index contributed by atoms with van der Waals surface area (Å²) in [5.74, 6) is -0.576. The number of hydrogen-bond acceptors (Lipinski definition) is 3. The van der Waals surface area contributed by atoms with E-state index in [1.54, 1.807) is 0 Å².